The molecule has 0 heterocycles. The molecule has 0 N–H and O–H groups in total. The molecule has 0 bridgehead atoms. The second kappa shape index (κ2) is 7.60. The van der Waals surface area contributed by atoms with Gasteiger partial charge in [0.05, 0.1) is 6.61 Å². The summed E-state index contributed by atoms with van der Waals surface area (Å²) in [4.78, 5) is 0. The van der Waals surface area contributed by atoms with Crippen LogP contribution in [0.3, 0.4) is 0 Å². The highest BCUT2D eigenvalue weighted by Gasteiger charge is 2.22. The predicted octanol–water partition coefficient (Wildman–Crippen LogP) is 5.51. The molecule has 0 saturated carbocycles. The Labute approximate surface area is 128 Å². The van der Waals surface area contributed by atoms with Crippen LogP contribution in [0.2, 0.25) is 5.02 Å². The Balaban J connectivity index is 3.35. The normalized spacial score (nSPS) is 13.3. The van der Waals surface area contributed by atoms with Gasteiger partial charge in [0.15, 0.2) is 0 Å². The van der Waals surface area contributed by atoms with Crippen LogP contribution < -0.4 is 4.74 Å². The van der Waals surface area contributed by atoms with Crippen molar-refractivity contribution in [3.63, 3.8) is 0 Å². The first kappa shape index (κ1) is 16.9. The maximum absolute atomic E-state index is 6.36. The summed E-state index contributed by atoms with van der Waals surface area (Å²) in [5, 5.41) is 0.810. The molecule has 0 amide bonds. The number of ether oxygens (including phenoxy) is 1. The van der Waals surface area contributed by atoms with Gasteiger partial charge in [-0.2, -0.15) is 0 Å². The van der Waals surface area contributed by atoms with Crippen molar-refractivity contribution in [2.24, 2.45) is 5.92 Å². The summed E-state index contributed by atoms with van der Waals surface area (Å²) in [6.07, 6.45) is 0.999. The Morgan fingerprint density at radius 2 is 1.95 bits per heavy atom. The maximum atomic E-state index is 6.36. The molecule has 2 unspecified atom stereocenters. The number of aryl methyl sites for hydroxylation is 1. The summed E-state index contributed by atoms with van der Waals surface area (Å²) < 4.78 is 6.00. The van der Waals surface area contributed by atoms with E-state index in [1.807, 2.05) is 13.0 Å². The van der Waals surface area contributed by atoms with Crippen molar-refractivity contribution in [3.05, 3.63) is 27.8 Å². The van der Waals surface area contributed by atoms with Gasteiger partial charge in [0.25, 0.3) is 0 Å². The molecule has 1 nitrogen and oxygen atoms in total. The van der Waals surface area contributed by atoms with E-state index in [9.17, 15) is 0 Å². The molecule has 20 heavy (non-hydrogen) atoms. The zero-order chi connectivity index (χ0) is 15.3. The molecule has 0 aliphatic carbocycles. The lowest BCUT2D eigenvalue weighted by atomic mass is 9.85. The highest BCUT2D eigenvalue weighted by Crippen LogP contribution is 2.39. The maximum Gasteiger partial charge on any atom is 0.126 e. The molecule has 1 aromatic rings. The highest BCUT2D eigenvalue weighted by atomic mass is 35.5. The average molecular weight is 293 g/mol. The highest BCUT2D eigenvalue weighted by molar-refractivity contribution is 6.31. The third kappa shape index (κ3) is 3.70. The number of halogens is 1. The summed E-state index contributed by atoms with van der Waals surface area (Å²) in [5.41, 5.74) is 3.42. The third-order valence-corrected chi connectivity index (χ3v) is 4.13. The van der Waals surface area contributed by atoms with E-state index in [0.717, 1.165) is 34.9 Å². The van der Waals surface area contributed by atoms with Gasteiger partial charge < -0.3 is 4.74 Å². The molecule has 110 valence electrons. The quantitative estimate of drug-likeness (QED) is 0.650. The number of hydrogen-bond acceptors (Lipinski definition) is 1. The molecular formula is C18H25ClO. The Hall–Kier alpha value is -1.13. The van der Waals surface area contributed by atoms with Gasteiger partial charge in [0.2, 0.25) is 0 Å². The Bertz CT molecular complexity index is 522. The molecule has 0 fully saturated rings. The minimum Gasteiger partial charge on any atom is -0.493 e. The fourth-order valence-electron chi connectivity index (χ4n) is 2.42. The lowest BCUT2D eigenvalue weighted by Gasteiger charge is -2.24. The van der Waals surface area contributed by atoms with Crippen LogP contribution in [0.5, 0.6) is 5.75 Å². The molecule has 1 aromatic carbocycles. The van der Waals surface area contributed by atoms with Gasteiger partial charge in [-0.3, -0.25) is 0 Å². The van der Waals surface area contributed by atoms with Crippen molar-refractivity contribution in [2.75, 3.05) is 6.61 Å². The van der Waals surface area contributed by atoms with Crippen LogP contribution in [0.4, 0.5) is 0 Å². The molecular weight excluding hydrogens is 268 g/mol. The van der Waals surface area contributed by atoms with Crippen molar-refractivity contribution < 1.29 is 4.74 Å². The SMILES string of the molecule is CC#CC(C)C(C)c1c(C)c(Cl)cc(C)c1OCCC. The number of benzene rings is 1. The second-order valence-corrected chi connectivity index (χ2v) is 5.77. The first-order chi connectivity index (χ1) is 9.43. The first-order valence-corrected chi connectivity index (χ1v) is 7.66. The van der Waals surface area contributed by atoms with E-state index >= 15 is 0 Å². The molecule has 0 radical (unpaired) electrons. The monoisotopic (exact) mass is 292 g/mol. The van der Waals surface area contributed by atoms with Gasteiger partial charge in [-0.15, -0.1) is 5.92 Å². The van der Waals surface area contributed by atoms with Crippen molar-refractivity contribution in [2.45, 2.75) is 53.9 Å². The summed E-state index contributed by atoms with van der Waals surface area (Å²) in [5.74, 6) is 7.82. The summed E-state index contributed by atoms with van der Waals surface area (Å²) in [6, 6.07) is 1.99. The van der Waals surface area contributed by atoms with Crippen LogP contribution in [0, 0.1) is 31.6 Å². The fourth-order valence-corrected chi connectivity index (χ4v) is 2.69. The van der Waals surface area contributed by atoms with Crippen LogP contribution >= 0.6 is 11.6 Å². The van der Waals surface area contributed by atoms with E-state index in [-0.39, 0.29) is 5.92 Å². The van der Waals surface area contributed by atoms with Gasteiger partial charge >= 0.3 is 0 Å². The Kier molecular flexibility index (Phi) is 6.43. The van der Waals surface area contributed by atoms with Crippen LogP contribution in [-0.4, -0.2) is 6.61 Å². The Morgan fingerprint density at radius 3 is 2.50 bits per heavy atom. The molecule has 2 atom stereocenters. The zero-order valence-electron chi connectivity index (χ0n) is 13.4. The number of hydrogen-bond donors (Lipinski definition) is 0. The van der Waals surface area contributed by atoms with Gasteiger partial charge in [-0.1, -0.05) is 38.3 Å². The lowest BCUT2D eigenvalue weighted by Crippen LogP contribution is -2.11. The summed E-state index contributed by atoms with van der Waals surface area (Å²) in [7, 11) is 0. The zero-order valence-corrected chi connectivity index (χ0v) is 14.2. The summed E-state index contributed by atoms with van der Waals surface area (Å²) >= 11 is 6.36. The van der Waals surface area contributed by atoms with Gasteiger partial charge in [-0.05, 0) is 50.3 Å². The fraction of sp³-hybridized carbons (Fsp3) is 0.556. The largest absolute Gasteiger partial charge is 0.493 e. The van der Waals surface area contributed by atoms with E-state index in [4.69, 9.17) is 16.3 Å². The average Bonchev–Trinajstić information content (AvgIpc) is 2.40. The van der Waals surface area contributed by atoms with E-state index in [2.05, 4.69) is 46.5 Å². The molecule has 0 aliphatic rings. The van der Waals surface area contributed by atoms with Crippen molar-refractivity contribution >= 4 is 11.6 Å². The third-order valence-electron chi connectivity index (χ3n) is 3.74. The van der Waals surface area contributed by atoms with E-state index in [1.54, 1.807) is 0 Å². The van der Waals surface area contributed by atoms with E-state index in [1.165, 1.54) is 5.56 Å². The van der Waals surface area contributed by atoms with Crippen molar-refractivity contribution in [1.29, 1.82) is 0 Å². The standard InChI is InChI=1S/C18H25ClO/c1-7-9-12(3)14(5)17-15(6)16(19)11-13(4)18(17)20-10-8-2/h11-12,14H,8,10H2,1-6H3. The van der Waals surface area contributed by atoms with Crippen LogP contribution in [-0.2, 0) is 0 Å². The lowest BCUT2D eigenvalue weighted by molar-refractivity contribution is 0.308. The van der Waals surface area contributed by atoms with Crippen LogP contribution in [0.1, 0.15) is 56.7 Å². The Morgan fingerprint density at radius 1 is 1.30 bits per heavy atom. The molecule has 0 aromatic heterocycles. The van der Waals surface area contributed by atoms with Crippen LogP contribution in [0.25, 0.3) is 0 Å². The van der Waals surface area contributed by atoms with Gasteiger partial charge in [0, 0.05) is 16.5 Å². The van der Waals surface area contributed by atoms with Gasteiger partial charge in [0.1, 0.15) is 5.75 Å². The van der Waals surface area contributed by atoms with Gasteiger partial charge in [-0.25, -0.2) is 0 Å². The minimum absolute atomic E-state index is 0.278. The van der Waals surface area contributed by atoms with Crippen molar-refractivity contribution in [3.8, 4) is 17.6 Å². The molecule has 1 rings (SSSR count). The molecule has 0 spiro atoms. The number of rotatable bonds is 5. The minimum atomic E-state index is 0.278. The van der Waals surface area contributed by atoms with Crippen molar-refractivity contribution in [1.82, 2.24) is 0 Å². The molecule has 0 saturated heterocycles. The predicted molar refractivity (Wildman–Crippen MR) is 87.7 cm³/mol. The van der Waals surface area contributed by atoms with Crippen LogP contribution in [0.15, 0.2) is 6.07 Å². The summed E-state index contributed by atoms with van der Waals surface area (Å²) in [6.45, 7) is 13.2. The van der Waals surface area contributed by atoms with E-state index in [0.29, 0.717) is 5.92 Å². The second-order valence-electron chi connectivity index (χ2n) is 5.36. The van der Waals surface area contributed by atoms with E-state index < -0.39 is 0 Å². The molecule has 0 aliphatic heterocycles. The first-order valence-electron chi connectivity index (χ1n) is 7.28. The molecule has 2 heteroatoms. The smallest absolute Gasteiger partial charge is 0.126 e. The topological polar surface area (TPSA) is 9.23 Å².